The van der Waals surface area contributed by atoms with Crippen molar-refractivity contribution in [1.29, 1.82) is 0 Å². The highest BCUT2D eigenvalue weighted by atomic mass is 35.5. The van der Waals surface area contributed by atoms with E-state index in [4.69, 9.17) is 5.73 Å². The summed E-state index contributed by atoms with van der Waals surface area (Å²) in [6, 6.07) is 10.5. The number of amides is 1. The second kappa shape index (κ2) is 7.81. The van der Waals surface area contributed by atoms with Gasteiger partial charge in [0.1, 0.15) is 0 Å². The zero-order valence-electron chi connectivity index (χ0n) is 13.0. The largest absolute Gasteiger partial charge is 0.353 e. The van der Waals surface area contributed by atoms with E-state index in [0.29, 0.717) is 18.9 Å². The van der Waals surface area contributed by atoms with Crippen LogP contribution < -0.4 is 11.1 Å². The van der Waals surface area contributed by atoms with Crippen LogP contribution in [0.2, 0.25) is 0 Å². The summed E-state index contributed by atoms with van der Waals surface area (Å²) in [6.45, 7) is 4.92. The van der Waals surface area contributed by atoms with Crippen molar-refractivity contribution in [1.82, 2.24) is 5.32 Å². The van der Waals surface area contributed by atoms with Crippen LogP contribution in [0.4, 0.5) is 0 Å². The molecule has 1 aromatic carbocycles. The van der Waals surface area contributed by atoms with Crippen LogP contribution >= 0.6 is 12.4 Å². The van der Waals surface area contributed by atoms with Crippen molar-refractivity contribution in [2.45, 2.75) is 51.0 Å². The molecule has 0 aliphatic heterocycles. The van der Waals surface area contributed by atoms with Crippen molar-refractivity contribution in [2.75, 3.05) is 6.54 Å². The minimum Gasteiger partial charge on any atom is -0.353 e. The van der Waals surface area contributed by atoms with Gasteiger partial charge >= 0.3 is 0 Å². The fourth-order valence-corrected chi connectivity index (χ4v) is 3.16. The van der Waals surface area contributed by atoms with Gasteiger partial charge in [-0.25, -0.2) is 0 Å². The van der Waals surface area contributed by atoms with Crippen molar-refractivity contribution in [3.8, 4) is 0 Å². The van der Waals surface area contributed by atoms with Gasteiger partial charge in [-0.3, -0.25) is 4.79 Å². The molecule has 0 spiro atoms. The van der Waals surface area contributed by atoms with Gasteiger partial charge in [0.2, 0.25) is 5.91 Å². The molecule has 1 aliphatic carbocycles. The van der Waals surface area contributed by atoms with Crippen molar-refractivity contribution in [2.24, 2.45) is 11.7 Å². The molecule has 21 heavy (non-hydrogen) atoms. The lowest BCUT2D eigenvalue weighted by Crippen LogP contribution is -2.41. The zero-order valence-corrected chi connectivity index (χ0v) is 13.8. The van der Waals surface area contributed by atoms with E-state index >= 15 is 0 Å². The van der Waals surface area contributed by atoms with E-state index < -0.39 is 0 Å². The van der Waals surface area contributed by atoms with Crippen LogP contribution in [0.5, 0.6) is 0 Å². The highest BCUT2D eigenvalue weighted by molar-refractivity contribution is 5.85. The molecule has 1 aromatic rings. The summed E-state index contributed by atoms with van der Waals surface area (Å²) in [6.07, 6.45) is 3.91. The van der Waals surface area contributed by atoms with Gasteiger partial charge in [0.15, 0.2) is 0 Å². The van der Waals surface area contributed by atoms with Crippen LogP contribution in [-0.4, -0.2) is 18.5 Å². The molecular formula is C17H27ClN2O. The Morgan fingerprint density at radius 3 is 2.57 bits per heavy atom. The molecule has 1 aliphatic rings. The van der Waals surface area contributed by atoms with E-state index in [2.05, 4.69) is 31.3 Å². The Bertz CT molecular complexity index is 447. The molecule has 1 amide bonds. The third-order valence-corrected chi connectivity index (χ3v) is 4.47. The Labute approximate surface area is 134 Å². The molecule has 0 radical (unpaired) electrons. The maximum atomic E-state index is 12.3. The zero-order chi connectivity index (χ0) is 14.6. The highest BCUT2D eigenvalue weighted by Crippen LogP contribution is 2.28. The van der Waals surface area contributed by atoms with Gasteiger partial charge in [-0.1, -0.05) is 50.6 Å². The van der Waals surface area contributed by atoms with E-state index in [1.54, 1.807) is 0 Å². The van der Waals surface area contributed by atoms with Gasteiger partial charge in [-0.2, -0.15) is 0 Å². The van der Waals surface area contributed by atoms with Crippen LogP contribution in [-0.2, 0) is 10.2 Å². The molecule has 0 aromatic heterocycles. The molecule has 1 saturated carbocycles. The summed E-state index contributed by atoms with van der Waals surface area (Å²) in [4.78, 5) is 12.3. The number of benzene rings is 1. The van der Waals surface area contributed by atoms with Crippen molar-refractivity contribution >= 4 is 18.3 Å². The van der Waals surface area contributed by atoms with Gasteiger partial charge in [-0.05, 0) is 36.3 Å². The SMILES string of the molecule is CC(C)(CC(=O)NC1CCCC1CN)c1ccccc1.Cl. The number of nitrogens with two attached hydrogens (primary N) is 1. The number of hydrogen-bond donors (Lipinski definition) is 2. The van der Waals surface area contributed by atoms with Crippen molar-refractivity contribution < 1.29 is 4.79 Å². The Kier molecular flexibility index (Phi) is 6.69. The predicted molar refractivity (Wildman–Crippen MR) is 89.7 cm³/mol. The number of nitrogens with one attached hydrogen (secondary N) is 1. The number of hydrogen-bond acceptors (Lipinski definition) is 2. The smallest absolute Gasteiger partial charge is 0.221 e. The van der Waals surface area contributed by atoms with E-state index in [1.165, 1.54) is 12.0 Å². The summed E-state index contributed by atoms with van der Waals surface area (Å²) in [5.41, 5.74) is 6.84. The highest BCUT2D eigenvalue weighted by Gasteiger charge is 2.30. The van der Waals surface area contributed by atoms with Gasteiger partial charge in [0.25, 0.3) is 0 Å². The van der Waals surface area contributed by atoms with Crippen LogP contribution in [0, 0.1) is 5.92 Å². The maximum absolute atomic E-state index is 12.3. The maximum Gasteiger partial charge on any atom is 0.221 e. The summed E-state index contributed by atoms with van der Waals surface area (Å²) in [7, 11) is 0. The van der Waals surface area contributed by atoms with Gasteiger partial charge in [0.05, 0.1) is 0 Å². The number of carbonyl (C=O) groups excluding carboxylic acids is 1. The molecule has 0 saturated heterocycles. The van der Waals surface area contributed by atoms with E-state index in [1.807, 2.05) is 18.2 Å². The first kappa shape index (κ1) is 18.0. The second-order valence-corrected chi connectivity index (χ2v) is 6.53. The first-order valence-corrected chi connectivity index (χ1v) is 7.58. The molecule has 2 atom stereocenters. The molecule has 0 bridgehead atoms. The van der Waals surface area contributed by atoms with Crippen LogP contribution in [0.15, 0.2) is 30.3 Å². The molecule has 0 heterocycles. The van der Waals surface area contributed by atoms with E-state index in [-0.39, 0.29) is 29.8 Å². The Balaban J connectivity index is 0.00000220. The molecule has 2 unspecified atom stereocenters. The van der Waals surface area contributed by atoms with E-state index in [0.717, 1.165) is 12.8 Å². The van der Waals surface area contributed by atoms with E-state index in [9.17, 15) is 4.79 Å². The lowest BCUT2D eigenvalue weighted by atomic mass is 9.81. The van der Waals surface area contributed by atoms with Crippen LogP contribution in [0.3, 0.4) is 0 Å². The quantitative estimate of drug-likeness (QED) is 0.878. The van der Waals surface area contributed by atoms with Crippen molar-refractivity contribution in [3.05, 3.63) is 35.9 Å². The molecule has 4 heteroatoms. The minimum atomic E-state index is -0.137. The Morgan fingerprint density at radius 2 is 1.95 bits per heavy atom. The summed E-state index contributed by atoms with van der Waals surface area (Å²) >= 11 is 0. The van der Waals surface area contributed by atoms with Crippen molar-refractivity contribution in [3.63, 3.8) is 0 Å². The average molecular weight is 311 g/mol. The minimum absolute atomic E-state index is 0. The van der Waals surface area contributed by atoms with Gasteiger partial charge in [-0.15, -0.1) is 12.4 Å². The third kappa shape index (κ3) is 4.72. The Morgan fingerprint density at radius 1 is 1.29 bits per heavy atom. The molecule has 2 rings (SSSR count). The fourth-order valence-electron chi connectivity index (χ4n) is 3.16. The molecule has 3 nitrogen and oxygen atoms in total. The third-order valence-electron chi connectivity index (χ3n) is 4.47. The number of carbonyl (C=O) groups is 1. The van der Waals surface area contributed by atoms with Gasteiger partial charge < -0.3 is 11.1 Å². The molecule has 118 valence electrons. The predicted octanol–water partition coefficient (Wildman–Crippen LogP) is 3.02. The summed E-state index contributed by atoms with van der Waals surface area (Å²) < 4.78 is 0. The Hall–Kier alpha value is -1.06. The second-order valence-electron chi connectivity index (χ2n) is 6.53. The van der Waals surface area contributed by atoms with Crippen LogP contribution in [0.25, 0.3) is 0 Å². The normalized spacial score (nSPS) is 21.7. The van der Waals surface area contributed by atoms with Crippen LogP contribution in [0.1, 0.15) is 45.1 Å². The fraction of sp³-hybridized carbons (Fsp3) is 0.588. The first-order valence-electron chi connectivity index (χ1n) is 7.58. The van der Waals surface area contributed by atoms with Gasteiger partial charge in [0, 0.05) is 12.5 Å². The summed E-state index contributed by atoms with van der Waals surface area (Å²) in [5, 5.41) is 3.19. The molecular weight excluding hydrogens is 284 g/mol. The standard InChI is InChI=1S/C17H26N2O.ClH/c1-17(2,14-8-4-3-5-9-14)11-16(20)19-15-10-6-7-13(15)12-18;/h3-5,8-9,13,15H,6-7,10-12,18H2,1-2H3,(H,19,20);1H. The monoisotopic (exact) mass is 310 g/mol. The molecule has 1 fully saturated rings. The molecule has 3 N–H and O–H groups in total. The number of halogens is 1. The first-order chi connectivity index (χ1) is 9.53. The lowest BCUT2D eigenvalue weighted by molar-refractivity contribution is -0.123. The topological polar surface area (TPSA) is 55.1 Å². The average Bonchev–Trinajstić information content (AvgIpc) is 2.86. The number of rotatable bonds is 5. The lowest BCUT2D eigenvalue weighted by Gasteiger charge is -2.27. The summed E-state index contributed by atoms with van der Waals surface area (Å²) in [5.74, 6) is 0.600.